The third-order valence-electron chi connectivity index (χ3n) is 3.67. The Morgan fingerprint density at radius 2 is 1.86 bits per heavy atom. The number of amides is 1. The van der Waals surface area contributed by atoms with E-state index >= 15 is 0 Å². The van der Waals surface area contributed by atoms with Crippen LogP contribution in [0.3, 0.4) is 0 Å². The Labute approximate surface area is 145 Å². The third-order valence-corrected chi connectivity index (χ3v) is 3.67. The van der Waals surface area contributed by atoms with Gasteiger partial charge in [-0.1, -0.05) is 24.3 Å². The first-order chi connectivity index (χ1) is 9.65. The Bertz CT molecular complexity index is 449. The van der Waals surface area contributed by atoms with Crippen molar-refractivity contribution in [3.05, 3.63) is 35.4 Å². The van der Waals surface area contributed by atoms with E-state index in [1.54, 1.807) is 0 Å². The molecule has 22 heavy (non-hydrogen) atoms. The molecular formula is C16H27Cl2N3O. The smallest absolute Gasteiger partial charge is 0.223 e. The molecule has 1 aliphatic rings. The van der Waals surface area contributed by atoms with Crippen LogP contribution in [0, 0.1) is 5.92 Å². The number of nitrogens with zero attached hydrogens (tertiary/aromatic N) is 1. The first-order valence-electron chi connectivity index (χ1n) is 7.36. The topological polar surface area (TPSA) is 44.4 Å². The second-order valence-corrected chi connectivity index (χ2v) is 5.80. The fraction of sp³-hybridized carbons (Fsp3) is 0.562. The number of rotatable bonds is 5. The van der Waals surface area contributed by atoms with Crippen LogP contribution in [0.1, 0.15) is 24.0 Å². The lowest BCUT2D eigenvalue weighted by Crippen LogP contribution is -2.37. The number of benzene rings is 1. The molecule has 1 aromatic rings. The number of nitrogens with one attached hydrogen (secondary N) is 2. The Morgan fingerprint density at radius 3 is 2.50 bits per heavy atom. The van der Waals surface area contributed by atoms with Crippen LogP contribution >= 0.6 is 24.8 Å². The van der Waals surface area contributed by atoms with Crippen molar-refractivity contribution in [1.29, 1.82) is 0 Å². The molecule has 2 N–H and O–H groups in total. The zero-order chi connectivity index (χ0) is 14.4. The van der Waals surface area contributed by atoms with Crippen molar-refractivity contribution in [2.75, 3.05) is 27.2 Å². The summed E-state index contributed by atoms with van der Waals surface area (Å²) in [6, 6.07) is 8.42. The molecule has 0 aliphatic carbocycles. The highest BCUT2D eigenvalue weighted by Gasteiger charge is 2.20. The van der Waals surface area contributed by atoms with Crippen molar-refractivity contribution in [2.24, 2.45) is 5.92 Å². The van der Waals surface area contributed by atoms with E-state index in [9.17, 15) is 4.79 Å². The van der Waals surface area contributed by atoms with Gasteiger partial charge in [0.1, 0.15) is 0 Å². The number of carbonyl (C=O) groups excluding carboxylic acids is 1. The molecule has 0 atom stereocenters. The Kier molecular flexibility index (Phi) is 10.4. The van der Waals surface area contributed by atoms with Crippen LogP contribution in [0.15, 0.2) is 24.3 Å². The molecule has 1 fully saturated rings. The number of piperidine rings is 1. The molecule has 1 saturated heterocycles. The van der Waals surface area contributed by atoms with E-state index in [4.69, 9.17) is 0 Å². The van der Waals surface area contributed by atoms with Gasteiger partial charge in [0.2, 0.25) is 5.91 Å². The molecule has 0 bridgehead atoms. The molecule has 2 rings (SSSR count). The average molecular weight is 348 g/mol. The lowest BCUT2D eigenvalue weighted by Gasteiger charge is -2.21. The second-order valence-electron chi connectivity index (χ2n) is 5.80. The predicted octanol–water partition coefficient (Wildman–Crippen LogP) is 2.21. The van der Waals surface area contributed by atoms with Gasteiger partial charge >= 0.3 is 0 Å². The van der Waals surface area contributed by atoms with E-state index in [1.807, 2.05) is 0 Å². The monoisotopic (exact) mass is 347 g/mol. The van der Waals surface area contributed by atoms with Crippen LogP contribution in [0.25, 0.3) is 0 Å². The van der Waals surface area contributed by atoms with Crippen molar-refractivity contribution < 1.29 is 4.79 Å². The summed E-state index contributed by atoms with van der Waals surface area (Å²) in [4.78, 5) is 14.2. The molecule has 1 heterocycles. The van der Waals surface area contributed by atoms with Gasteiger partial charge in [-0.15, -0.1) is 24.8 Å². The highest BCUT2D eigenvalue weighted by Crippen LogP contribution is 2.12. The van der Waals surface area contributed by atoms with Crippen LogP contribution in [0.2, 0.25) is 0 Å². The van der Waals surface area contributed by atoms with Gasteiger partial charge < -0.3 is 15.5 Å². The van der Waals surface area contributed by atoms with Gasteiger partial charge in [-0.25, -0.2) is 0 Å². The van der Waals surface area contributed by atoms with E-state index in [2.05, 4.69) is 53.9 Å². The summed E-state index contributed by atoms with van der Waals surface area (Å²) in [5.41, 5.74) is 2.45. The van der Waals surface area contributed by atoms with Gasteiger partial charge in [-0.05, 0) is 51.2 Å². The maximum Gasteiger partial charge on any atom is 0.223 e. The van der Waals surface area contributed by atoms with Crippen LogP contribution in [0.5, 0.6) is 0 Å². The Balaban J connectivity index is 0.00000220. The van der Waals surface area contributed by atoms with Gasteiger partial charge in [-0.2, -0.15) is 0 Å². The van der Waals surface area contributed by atoms with Crippen molar-refractivity contribution in [1.82, 2.24) is 15.5 Å². The molecule has 126 valence electrons. The molecule has 0 unspecified atom stereocenters. The highest BCUT2D eigenvalue weighted by atomic mass is 35.5. The summed E-state index contributed by atoms with van der Waals surface area (Å²) in [7, 11) is 4.12. The first-order valence-corrected chi connectivity index (χ1v) is 7.36. The lowest BCUT2D eigenvalue weighted by molar-refractivity contribution is -0.125. The summed E-state index contributed by atoms with van der Waals surface area (Å²) >= 11 is 0. The number of hydrogen-bond donors (Lipinski definition) is 2. The van der Waals surface area contributed by atoms with Gasteiger partial charge in [-0.3, -0.25) is 4.79 Å². The number of carbonyl (C=O) groups is 1. The Morgan fingerprint density at radius 1 is 1.23 bits per heavy atom. The number of hydrogen-bond acceptors (Lipinski definition) is 3. The molecule has 1 amide bonds. The standard InChI is InChI=1S/C16H25N3O.2ClH/c1-19(2)12-14-5-3-4-13(10-14)11-18-16(20)15-6-8-17-9-7-15;;/h3-5,10,15,17H,6-9,11-12H2,1-2H3,(H,18,20);2*1H. The molecule has 1 aromatic carbocycles. The van der Waals surface area contributed by atoms with Crippen LogP contribution < -0.4 is 10.6 Å². The SMILES string of the molecule is CN(C)Cc1cccc(CNC(=O)C2CCNCC2)c1.Cl.Cl. The first kappa shape index (κ1) is 21.2. The van der Waals surface area contributed by atoms with Crippen molar-refractivity contribution in [3.63, 3.8) is 0 Å². The molecule has 0 radical (unpaired) electrons. The molecule has 0 aromatic heterocycles. The largest absolute Gasteiger partial charge is 0.352 e. The van der Waals surface area contributed by atoms with Crippen LogP contribution in [-0.2, 0) is 17.9 Å². The van der Waals surface area contributed by atoms with Crippen LogP contribution in [0.4, 0.5) is 0 Å². The van der Waals surface area contributed by atoms with E-state index in [1.165, 1.54) is 11.1 Å². The molecule has 4 nitrogen and oxygen atoms in total. The molecule has 0 saturated carbocycles. The van der Waals surface area contributed by atoms with Crippen molar-refractivity contribution in [3.8, 4) is 0 Å². The van der Waals surface area contributed by atoms with Crippen molar-refractivity contribution in [2.45, 2.75) is 25.9 Å². The lowest BCUT2D eigenvalue weighted by atomic mass is 9.97. The summed E-state index contributed by atoms with van der Waals surface area (Å²) < 4.78 is 0. The zero-order valence-electron chi connectivity index (χ0n) is 13.3. The van der Waals surface area contributed by atoms with Gasteiger partial charge in [0.25, 0.3) is 0 Å². The molecule has 1 aliphatic heterocycles. The molecule has 0 spiro atoms. The van der Waals surface area contributed by atoms with Crippen molar-refractivity contribution >= 4 is 30.7 Å². The zero-order valence-corrected chi connectivity index (χ0v) is 14.9. The number of halogens is 2. The van der Waals surface area contributed by atoms with Gasteiger partial charge in [0, 0.05) is 19.0 Å². The van der Waals surface area contributed by atoms with E-state index < -0.39 is 0 Å². The quantitative estimate of drug-likeness (QED) is 0.858. The maximum atomic E-state index is 12.1. The summed E-state index contributed by atoms with van der Waals surface area (Å²) in [6.07, 6.45) is 1.90. The average Bonchev–Trinajstić information content (AvgIpc) is 2.45. The molecular weight excluding hydrogens is 321 g/mol. The predicted molar refractivity (Wildman–Crippen MR) is 95.8 cm³/mol. The van der Waals surface area contributed by atoms with Gasteiger partial charge in [0.05, 0.1) is 0 Å². The van der Waals surface area contributed by atoms with Gasteiger partial charge in [0.15, 0.2) is 0 Å². The summed E-state index contributed by atoms with van der Waals surface area (Å²) in [5.74, 6) is 0.380. The molecule has 6 heteroatoms. The summed E-state index contributed by atoms with van der Waals surface area (Å²) in [6.45, 7) is 3.47. The fourth-order valence-electron chi connectivity index (χ4n) is 2.62. The van der Waals surface area contributed by atoms with Crippen LogP contribution in [-0.4, -0.2) is 38.0 Å². The highest BCUT2D eigenvalue weighted by molar-refractivity contribution is 5.85. The minimum Gasteiger partial charge on any atom is -0.352 e. The summed E-state index contributed by atoms with van der Waals surface area (Å²) in [5, 5.41) is 6.35. The van der Waals surface area contributed by atoms with E-state index in [0.29, 0.717) is 6.54 Å². The minimum atomic E-state index is 0. The van der Waals surface area contributed by atoms with E-state index in [-0.39, 0.29) is 36.6 Å². The third kappa shape index (κ3) is 6.97. The van der Waals surface area contributed by atoms with E-state index in [0.717, 1.165) is 32.5 Å². The maximum absolute atomic E-state index is 12.1. The fourth-order valence-corrected chi connectivity index (χ4v) is 2.62. The second kappa shape index (κ2) is 10.8. The normalized spacial score (nSPS) is 14.9. The Hall–Kier alpha value is -0.810. The minimum absolute atomic E-state index is 0.